The first-order valence-electron chi connectivity index (χ1n) is 8.36. The van der Waals surface area contributed by atoms with Crippen molar-refractivity contribution in [1.82, 2.24) is 0 Å². The van der Waals surface area contributed by atoms with Crippen LogP contribution in [-0.2, 0) is 29.2 Å². The third-order valence-electron chi connectivity index (χ3n) is 5.62. The second-order valence-electron chi connectivity index (χ2n) is 6.89. The molecule has 2 aliphatic heterocycles. The van der Waals surface area contributed by atoms with E-state index in [9.17, 15) is 0 Å². The lowest BCUT2D eigenvalue weighted by molar-refractivity contribution is -0.229. The van der Waals surface area contributed by atoms with Gasteiger partial charge in [-0.2, -0.15) is 0 Å². The summed E-state index contributed by atoms with van der Waals surface area (Å²) in [5, 5.41) is 0.822. The fourth-order valence-corrected chi connectivity index (χ4v) is 8.64. The highest BCUT2D eigenvalue weighted by Gasteiger charge is 2.51. The highest BCUT2D eigenvalue weighted by atomic mass is 32.2. The minimum Gasteiger partial charge on any atom is -0.359 e. The Bertz CT molecular complexity index is 379. The molecule has 0 bridgehead atoms. The van der Waals surface area contributed by atoms with Crippen LogP contribution in [0.2, 0.25) is 0 Å². The standard InChI is InChI=1S/C15H32O4P3S/c1-5-12-9(3)8(2)6-23(12)7-11-10(4)13(17-20)14(18-21)15(16-11)19-22/h8-15H,5-7,20-22H2,1-4H3/q+1/t8-,9+,10?,11-,12-,13+,14?,15?,23?/m1/s1. The van der Waals surface area contributed by atoms with Crippen molar-refractivity contribution in [3.05, 3.63) is 0 Å². The Morgan fingerprint density at radius 3 is 2.17 bits per heavy atom. The van der Waals surface area contributed by atoms with Gasteiger partial charge in [-0.1, -0.05) is 27.7 Å². The molecule has 0 radical (unpaired) electrons. The molecule has 0 aromatic rings. The van der Waals surface area contributed by atoms with E-state index in [1.54, 1.807) is 0 Å². The van der Waals surface area contributed by atoms with Crippen LogP contribution in [0.5, 0.6) is 0 Å². The van der Waals surface area contributed by atoms with Gasteiger partial charge < -0.3 is 18.3 Å². The van der Waals surface area contributed by atoms with Crippen LogP contribution in [-0.4, -0.2) is 41.4 Å². The van der Waals surface area contributed by atoms with Gasteiger partial charge in [0.2, 0.25) is 0 Å². The van der Waals surface area contributed by atoms with Gasteiger partial charge in [-0.25, -0.2) is 0 Å². The van der Waals surface area contributed by atoms with Gasteiger partial charge in [0.15, 0.2) is 6.29 Å². The van der Waals surface area contributed by atoms with Gasteiger partial charge in [0.1, 0.15) is 29.0 Å². The fourth-order valence-electron chi connectivity index (χ4n) is 3.98. The zero-order valence-electron chi connectivity index (χ0n) is 14.5. The monoisotopic (exact) mass is 401 g/mol. The lowest BCUT2D eigenvalue weighted by atomic mass is 9.91. The van der Waals surface area contributed by atoms with Gasteiger partial charge in [0.05, 0.1) is 6.10 Å². The molecule has 4 nitrogen and oxygen atoms in total. The Morgan fingerprint density at radius 2 is 1.65 bits per heavy atom. The third-order valence-corrected chi connectivity index (χ3v) is 9.85. The normalized spacial score (nSPS) is 47.9. The molecular formula is C15H32O4P3S+. The molecule has 0 N–H and O–H groups in total. The molecule has 7 unspecified atom stereocenters. The van der Waals surface area contributed by atoms with Gasteiger partial charge in [0, 0.05) is 46.2 Å². The van der Waals surface area contributed by atoms with Crippen molar-refractivity contribution in [3.63, 3.8) is 0 Å². The lowest BCUT2D eigenvalue weighted by Gasteiger charge is -2.43. The molecule has 8 heteroatoms. The summed E-state index contributed by atoms with van der Waals surface area (Å²) in [6.07, 6.45) is 0.707. The molecule has 0 aromatic heterocycles. The summed E-state index contributed by atoms with van der Waals surface area (Å²) in [5.74, 6) is 4.33. The Kier molecular flexibility index (Phi) is 8.52. The van der Waals surface area contributed by atoms with Gasteiger partial charge in [0.25, 0.3) is 0 Å². The largest absolute Gasteiger partial charge is 0.359 e. The van der Waals surface area contributed by atoms with Crippen LogP contribution in [0.4, 0.5) is 0 Å². The maximum Gasteiger partial charge on any atom is 0.190 e. The fraction of sp³-hybridized carbons (Fsp3) is 1.00. The maximum atomic E-state index is 6.24. The molecule has 2 saturated heterocycles. The van der Waals surface area contributed by atoms with E-state index < -0.39 is 6.29 Å². The molecule has 0 amide bonds. The van der Waals surface area contributed by atoms with Crippen molar-refractivity contribution < 1.29 is 18.3 Å². The van der Waals surface area contributed by atoms with Crippen LogP contribution >= 0.6 is 28.4 Å². The number of ether oxygens (including phenoxy) is 1. The average Bonchev–Trinajstić information content (AvgIpc) is 2.82. The first-order valence-corrected chi connectivity index (χ1v) is 11.4. The Morgan fingerprint density at radius 1 is 1.00 bits per heavy atom. The van der Waals surface area contributed by atoms with Crippen molar-refractivity contribution in [2.45, 2.75) is 64.0 Å². The molecule has 2 rings (SSSR count). The van der Waals surface area contributed by atoms with Crippen molar-refractivity contribution in [3.8, 4) is 0 Å². The molecule has 0 saturated carbocycles. The summed E-state index contributed by atoms with van der Waals surface area (Å²) in [7, 11) is 7.40. The first-order chi connectivity index (χ1) is 11.0. The molecular weight excluding hydrogens is 369 g/mol. The van der Waals surface area contributed by atoms with Crippen molar-refractivity contribution in [2.75, 3.05) is 11.5 Å². The quantitative estimate of drug-likeness (QED) is 0.506. The molecule has 0 aromatic carbocycles. The average molecular weight is 401 g/mol. The van der Waals surface area contributed by atoms with Crippen molar-refractivity contribution in [2.24, 2.45) is 17.8 Å². The predicted octanol–water partition coefficient (Wildman–Crippen LogP) is 3.19. The zero-order chi connectivity index (χ0) is 17.1. The summed E-state index contributed by atoms with van der Waals surface area (Å²) in [6, 6.07) is 0. The molecule has 2 fully saturated rings. The van der Waals surface area contributed by atoms with E-state index in [0.29, 0.717) is 10.9 Å². The number of rotatable bonds is 6. The molecule has 0 aliphatic carbocycles. The van der Waals surface area contributed by atoms with E-state index in [1.165, 1.54) is 12.2 Å². The Hall–Kier alpha value is 1.48. The summed E-state index contributed by atoms with van der Waals surface area (Å²) in [6.45, 7) is 9.33. The van der Waals surface area contributed by atoms with Gasteiger partial charge >= 0.3 is 0 Å². The van der Waals surface area contributed by atoms with Crippen LogP contribution in [0.25, 0.3) is 0 Å². The van der Waals surface area contributed by atoms with Crippen LogP contribution in [0, 0.1) is 17.8 Å². The highest BCUT2D eigenvalue weighted by Crippen LogP contribution is 2.39. The van der Waals surface area contributed by atoms with Gasteiger partial charge in [-0.15, -0.1) is 0 Å². The van der Waals surface area contributed by atoms with E-state index >= 15 is 0 Å². The summed E-state index contributed by atoms with van der Waals surface area (Å²) in [5.41, 5.74) is 0. The topological polar surface area (TPSA) is 36.9 Å². The van der Waals surface area contributed by atoms with Crippen LogP contribution < -0.4 is 0 Å². The summed E-state index contributed by atoms with van der Waals surface area (Å²) >= 11 is 0. The maximum absolute atomic E-state index is 6.24. The SMILES string of the molecule is CC[C@@H]1[C@@H](C)[C@H](C)C[S+]1C[C@H]1OC(OP)C(OP)[C@@H](OP)C1C. The third kappa shape index (κ3) is 4.42. The summed E-state index contributed by atoms with van der Waals surface area (Å²) < 4.78 is 22.8. The number of hydrogen-bond donors (Lipinski definition) is 0. The molecule has 0 spiro atoms. The molecule has 12 atom stereocenters. The zero-order valence-corrected chi connectivity index (χ0v) is 18.8. The Balaban J connectivity index is 2.09. The minimum atomic E-state index is -0.412. The Labute approximate surface area is 151 Å². The van der Waals surface area contributed by atoms with Crippen LogP contribution in [0.15, 0.2) is 0 Å². The van der Waals surface area contributed by atoms with E-state index in [4.69, 9.17) is 18.3 Å². The van der Waals surface area contributed by atoms with E-state index in [2.05, 4.69) is 56.1 Å². The second-order valence-corrected chi connectivity index (χ2v) is 10.1. The predicted molar refractivity (Wildman–Crippen MR) is 107 cm³/mol. The highest BCUT2D eigenvalue weighted by molar-refractivity contribution is 7.97. The van der Waals surface area contributed by atoms with Crippen molar-refractivity contribution >= 4 is 39.3 Å². The molecule has 2 heterocycles. The molecule has 2 aliphatic rings. The van der Waals surface area contributed by atoms with Gasteiger partial charge in [-0.05, 0) is 17.3 Å². The second kappa shape index (κ2) is 9.43. The van der Waals surface area contributed by atoms with E-state index in [0.717, 1.165) is 22.8 Å². The van der Waals surface area contributed by atoms with E-state index in [-0.39, 0.29) is 24.2 Å². The van der Waals surface area contributed by atoms with Gasteiger partial charge in [-0.3, -0.25) is 0 Å². The number of hydrogen-bond acceptors (Lipinski definition) is 4. The van der Waals surface area contributed by atoms with Crippen molar-refractivity contribution in [1.29, 1.82) is 0 Å². The first kappa shape index (κ1) is 20.8. The lowest BCUT2D eigenvalue weighted by Crippen LogP contribution is -2.56. The molecule has 23 heavy (non-hydrogen) atoms. The summed E-state index contributed by atoms with van der Waals surface area (Å²) in [4.78, 5) is 0. The molecule has 136 valence electrons. The van der Waals surface area contributed by atoms with Crippen LogP contribution in [0.1, 0.15) is 34.1 Å². The smallest absolute Gasteiger partial charge is 0.190 e. The van der Waals surface area contributed by atoms with E-state index in [1.807, 2.05) is 0 Å². The minimum absolute atomic E-state index is 0.0528. The van der Waals surface area contributed by atoms with Crippen LogP contribution in [0.3, 0.4) is 0 Å².